The van der Waals surface area contributed by atoms with E-state index in [1.807, 2.05) is 42.9 Å². The minimum absolute atomic E-state index is 0.132. The number of aliphatic imine (C=N–C) groups is 1. The van der Waals surface area contributed by atoms with E-state index < -0.39 is 0 Å². The van der Waals surface area contributed by atoms with Crippen LogP contribution in [0.2, 0.25) is 0 Å². The molecule has 8 nitrogen and oxygen atoms in total. The van der Waals surface area contributed by atoms with E-state index in [9.17, 15) is 4.79 Å². The Labute approximate surface area is 225 Å². The second-order valence-electron chi connectivity index (χ2n) is 8.84. The Hall–Kier alpha value is -4.37. The minimum atomic E-state index is -0.132. The monoisotopic (exact) mass is 523 g/mol. The Balaban J connectivity index is 1.64. The quantitative estimate of drug-likeness (QED) is 0.213. The summed E-state index contributed by atoms with van der Waals surface area (Å²) in [5.74, 6) is 0.704. The van der Waals surface area contributed by atoms with Gasteiger partial charge < -0.3 is 10.6 Å². The van der Waals surface area contributed by atoms with Crippen LogP contribution >= 0.6 is 11.3 Å². The van der Waals surface area contributed by atoms with Crippen molar-refractivity contribution in [3.05, 3.63) is 77.8 Å². The molecule has 0 unspecified atom stereocenters. The number of aryl methyl sites for hydroxylation is 1. The van der Waals surface area contributed by atoms with Crippen molar-refractivity contribution >= 4 is 40.5 Å². The van der Waals surface area contributed by atoms with Crippen LogP contribution in [0.25, 0.3) is 33.1 Å². The van der Waals surface area contributed by atoms with Crippen molar-refractivity contribution in [1.82, 2.24) is 19.7 Å². The van der Waals surface area contributed by atoms with Crippen LogP contribution in [-0.2, 0) is 17.6 Å². The number of nitrogens with one attached hydrogen (secondary N) is 2. The number of carbonyl (C=O) groups is 1. The molecule has 0 aliphatic heterocycles. The summed E-state index contributed by atoms with van der Waals surface area (Å²) in [5.41, 5.74) is 7.96. The molecule has 2 N–H and O–H groups in total. The Morgan fingerprint density at radius 3 is 2.68 bits per heavy atom. The molecule has 1 aliphatic rings. The van der Waals surface area contributed by atoms with Crippen molar-refractivity contribution in [2.75, 3.05) is 17.2 Å². The molecule has 4 aromatic rings. The first-order chi connectivity index (χ1) is 18.5. The van der Waals surface area contributed by atoms with E-state index in [-0.39, 0.29) is 5.91 Å². The molecule has 192 valence electrons. The predicted octanol–water partition coefficient (Wildman–Crippen LogP) is 6.16. The third-order valence-corrected chi connectivity index (χ3v) is 7.23. The zero-order valence-corrected chi connectivity index (χ0v) is 22.5. The smallest absolute Gasteiger partial charge is 0.223 e. The number of hydrogen-bond donors (Lipinski definition) is 2. The second-order valence-corrected chi connectivity index (χ2v) is 9.84. The van der Waals surface area contributed by atoms with Crippen molar-refractivity contribution in [1.29, 1.82) is 0 Å². The van der Waals surface area contributed by atoms with Gasteiger partial charge in [0, 0.05) is 37.0 Å². The molecular weight excluding hydrogens is 494 g/mol. The van der Waals surface area contributed by atoms with Gasteiger partial charge >= 0.3 is 0 Å². The van der Waals surface area contributed by atoms with Crippen LogP contribution in [0.1, 0.15) is 37.6 Å². The highest BCUT2D eigenvalue weighted by Crippen LogP contribution is 2.44. The molecule has 0 bridgehead atoms. The molecule has 0 saturated carbocycles. The largest absolute Gasteiger partial charge is 0.370 e. The Morgan fingerprint density at radius 1 is 1.21 bits per heavy atom. The number of rotatable bonds is 8. The number of anilines is 2. The van der Waals surface area contributed by atoms with Gasteiger partial charge in [0.05, 0.1) is 27.6 Å². The van der Waals surface area contributed by atoms with Crippen molar-refractivity contribution in [3.8, 4) is 27.5 Å². The van der Waals surface area contributed by atoms with Gasteiger partial charge in [-0.05, 0) is 68.8 Å². The third kappa shape index (κ3) is 4.92. The van der Waals surface area contributed by atoms with Crippen LogP contribution in [0.4, 0.5) is 10.9 Å². The first-order valence-electron chi connectivity index (χ1n) is 12.5. The molecule has 0 atom stereocenters. The minimum Gasteiger partial charge on any atom is -0.370 e. The topological polar surface area (TPSA) is 97.1 Å². The first-order valence-corrected chi connectivity index (χ1v) is 13.3. The van der Waals surface area contributed by atoms with Crippen LogP contribution in [0, 0.1) is 0 Å². The molecule has 0 radical (unpaired) electrons. The molecule has 1 aliphatic carbocycles. The highest BCUT2D eigenvalue weighted by molar-refractivity contribution is 7.19. The summed E-state index contributed by atoms with van der Waals surface area (Å²) in [6.07, 6.45) is 9.19. The first kappa shape index (κ1) is 25.3. The average molecular weight is 524 g/mol. The summed E-state index contributed by atoms with van der Waals surface area (Å²) >= 11 is 1.49. The number of allylic oxidation sites excluding steroid dienone is 3. The number of carbonyl (C=O) groups excluding carboxylic acids is 1. The summed E-state index contributed by atoms with van der Waals surface area (Å²) in [5, 5.41) is 11.8. The number of amides is 1. The summed E-state index contributed by atoms with van der Waals surface area (Å²) < 4.78 is 1.99. The van der Waals surface area contributed by atoms with Crippen molar-refractivity contribution in [2.24, 2.45) is 4.99 Å². The van der Waals surface area contributed by atoms with Crippen LogP contribution in [0.3, 0.4) is 0 Å². The standard InChI is InChI=1S/C29H29N7OS/c1-5-7-20(16-30-4)19-8-11-22(12-9-19)36-27-23(13-14-24-28(27)38-29(34-24)33-18(3)37)26(35-36)21-10-15-25(31-6-2)32-17-21/h5,7-12,15-17H,4,6,13-14H2,1-3H3,(H,31,32)(H,33,34,37)/b7-5-,20-16+. The maximum Gasteiger partial charge on any atom is 0.223 e. The van der Waals surface area contributed by atoms with Crippen LogP contribution in [0.5, 0.6) is 0 Å². The summed E-state index contributed by atoms with van der Waals surface area (Å²) in [4.78, 5) is 26.0. The van der Waals surface area contributed by atoms with Crippen molar-refractivity contribution in [3.63, 3.8) is 0 Å². The van der Waals surface area contributed by atoms with Crippen LogP contribution < -0.4 is 10.6 Å². The number of thiazole rings is 1. The van der Waals surface area contributed by atoms with Gasteiger partial charge in [-0.15, -0.1) is 0 Å². The fourth-order valence-electron chi connectivity index (χ4n) is 4.60. The van der Waals surface area contributed by atoms with Gasteiger partial charge in [-0.25, -0.2) is 14.6 Å². The fourth-order valence-corrected chi connectivity index (χ4v) is 5.72. The number of benzene rings is 1. The lowest BCUT2D eigenvalue weighted by Gasteiger charge is -2.14. The number of pyridine rings is 1. The van der Waals surface area contributed by atoms with E-state index in [0.717, 1.165) is 75.1 Å². The SMILES string of the molecule is C=N/C=C(\C=C/C)c1ccc(-n2nc(-c3ccc(NCC)nc3)c3c2-c2sc(NC(C)=O)nc2CC3)cc1. The molecule has 1 aromatic carbocycles. The molecule has 3 heterocycles. The lowest BCUT2D eigenvalue weighted by atomic mass is 9.95. The predicted molar refractivity (Wildman–Crippen MR) is 156 cm³/mol. The van der Waals surface area contributed by atoms with E-state index in [1.54, 1.807) is 6.20 Å². The molecule has 3 aromatic heterocycles. The van der Waals surface area contributed by atoms with Gasteiger partial charge in [0.25, 0.3) is 0 Å². The van der Waals surface area contributed by atoms with Crippen molar-refractivity contribution < 1.29 is 4.79 Å². The Bertz CT molecular complexity index is 1540. The molecular formula is C29H29N7OS. The number of hydrogen-bond acceptors (Lipinski definition) is 7. The van der Waals surface area contributed by atoms with E-state index in [2.05, 4.69) is 57.7 Å². The molecule has 0 spiro atoms. The Kier molecular flexibility index (Phi) is 7.28. The molecule has 38 heavy (non-hydrogen) atoms. The maximum atomic E-state index is 11.7. The summed E-state index contributed by atoms with van der Waals surface area (Å²) in [6.45, 7) is 9.93. The molecule has 0 saturated heterocycles. The Morgan fingerprint density at radius 2 is 2.03 bits per heavy atom. The highest BCUT2D eigenvalue weighted by Gasteiger charge is 2.30. The zero-order chi connectivity index (χ0) is 26.6. The zero-order valence-electron chi connectivity index (χ0n) is 21.7. The van der Waals surface area contributed by atoms with Gasteiger partial charge in [0.1, 0.15) is 5.82 Å². The lowest BCUT2D eigenvalue weighted by molar-refractivity contribution is -0.114. The van der Waals surface area contributed by atoms with E-state index in [4.69, 9.17) is 10.1 Å². The summed E-state index contributed by atoms with van der Waals surface area (Å²) in [6, 6.07) is 12.3. The number of nitrogens with zero attached hydrogens (tertiary/aromatic N) is 5. The van der Waals surface area contributed by atoms with E-state index >= 15 is 0 Å². The highest BCUT2D eigenvalue weighted by atomic mass is 32.1. The third-order valence-electron chi connectivity index (χ3n) is 6.21. The molecule has 1 amide bonds. The molecule has 0 fully saturated rings. The molecule has 9 heteroatoms. The van der Waals surface area contributed by atoms with Gasteiger partial charge in [0.2, 0.25) is 5.91 Å². The normalized spacial score (nSPS) is 12.8. The van der Waals surface area contributed by atoms with E-state index in [0.29, 0.717) is 5.13 Å². The average Bonchev–Trinajstić information content (AvgIpc) is 3.50. The molecule has 5 rings (SSSR count). The second kappa shape index (κ2) is 10.9. The van der Waals surface area contributed by atoms with Gasteiger partial charge in [-0.1, -0.05) is 35.6 Å². The van der Waals surface area contributed by atoms with Gasteiger partial charge in [-0.3, -0.25) is 9.79 Å². The number of fused-ring (bicyclic) bond motifs is 3. The van der Waals surface area contributed by atoms with Gasteiger partial charge in [-0.2, -0.15) is 5.10 Å². The maximum absolute atomic E-state index is 11.7. The van der Waals surface area contributed by atoms with Crippen molar-refractivity contribution in [2.45, 2.75) is 33.6 Å². The number of aromatic nitrogens is 4. The summed E-state index contributed by atoms with van der Waals surface area (Å²) in [7, 11) is 0. The fraction of sp³-hybridized carbons (Fsp3) is 0.207. The lowest BCUT2D eigenvalue weighted by Crippen LogP contribution is -2.07. The van der Waals surface area contributed by atoms with Gasteiger partial charge in [0.15, 0.2) is 5.13 Å². The van der Waals surface area contributed by atoms with Crippen LogP contribution in [-0.4, -0.2) is 38.9 Å². The van der Waals surface area contributed by atoms with E-state index in [1.165, 1.54) is 18.3 Å². The van der Waals surface area contributed by atoms with Crippen LogP contribution in [0.15, 0.2) is 65.9 Å².